The van der Waals surface area contributed by atoms with E-state index in [-0.39, 0.29) is 35.6 Å². The highest BCUT2D eigenvalue weighted by Gasteiger charge is 2.37. The highest BCUT2D eigenvalue weighted by Crippen LogP contribution is 2.35. The molecule has 7 heteroatoms. The molecule has 1 saturated heterocycles. The number of halogens is 2. The summed E-state index contributed by atoms with van der Waals surface area (Å²) in [6.45, 7) is 8.14. The Bertz CT molecular complexity index is 666. The molecule has 2 amide bonds. The lowest BCUT2D eigenvalue weighted by atomic mass is 9.99. The zero-order valence-corrected chi connectivity index (χ0v) is 15.1. The monoisotopic (exact) mass is 367 g/mol. The van der Waals surface area contributed by atoms with Gasteiger partial charge in [-0.1, -0.05) is 24.2 Å². The Balaban J connectivity index is 2.15. The summed E-state index contributed by atoms with van der Waals surface area (Å²) in [6.07, 6.45) is 1.86. The summed E-state index contributed by atoms with van der Waals surface area (Å²) in [5.41, 5.74) is 0.772. The molecule has 0 radical (unpaired) electrons. The molecule has 25 heavy (non-hydrogen) atoms. The molecule has 0 spiro atoms. The van der Waals surface area contributed by atoms with Crippen LogP contribution in [-0.4, -0.2) is 41.9 Å². The molecule has 0 aliphatic carbocycles. The van der Waals surface area contributed by atoms with E-state index in [1.807, 2.05) is 0 Å². The molecule has 5 nitrogen and oxygen atoms in total. The predicted octanol–water partition coefficient (Wildman–Crippen LogP) is 2.42. The highest BCUT2D eigenvalue weighted by molar-refractivity contribution is 6.30. The smallest absolute Gasteiger partial charge is 0.243 e. The number of nitrogens with zero attached hydrogens (tertiary/aromatic N) is 1. The van der Waals surface area contributed by atoms with E-state index < -0.39 is 11.7 Å². The molecule has 0 unspecified atom stereocenters. The van der Waals surface area contributed by atoms with Gasteiger partial charge < -0.3 is 10.6 Å². The molecule has 1 heterocycles. The third-order valence-corrected chi connectivity index (χ3v) is 4.65. The first kappa shape index (κ1) is 19.4. The molecular formula is C18H23ClFN3O2. The maximum atomic E-state index is 13.9. The lowest BCUT2D eigenvalue weighted by Crippen LogP contribution is -2.45. The summed E-state index contributed by atoms with van der Waals surface area (Å²) in [4.78, 5) is 25.5. The topological polar surface area (TPSA) is 61.4 Å². The van der Waals surface area contributed by atoms with Gasteiger partial charge >= 0.3 is 0 Å². The number of carbonyl (C=O) groups is 2. The zero-order chi connectivity index (χ0) is 18.6. The van der Waals surface area contributed by atoms with Crippen molar-refractivity contribution in [3.63, 3.8) is 0 Å². The van der Waals surface area contributed by atoms with Gasteiger partial charge in [-0.15, -0.1) is 0 Å². The van der Waals surface area contributed by atoms with Gasteiger partial charge in [0.2, 0.25) is 11.8 Å². The number of likely N-dealkylation sites (tertiary alicyclic amines) is 1. The maximum absolute atomic E-state index is 13.9. The SMILES string of the molecule is C=CC(=O)NCC(=O)N[C@@H]1CCN(C(C)C)[C@H]1c1ccc(Cl)c(F)c1. The molecule has 1 aliphatic heterocycles. The second kappa shape index (κ2) is 8.45. The summed E-state index contributed by atoms with van der Waals surface area (Å²) >= 11 is 5.78. The lowest BCUT2D eigenvalue weighted by Gasteiger charge is -2.32. The minimum atomic E-state index is -0.474. The van der Waals surface area contributed by atoms with Crippen LogP contribution >= 0.6 is 11.6 Å². The van der Waals surface area contributed by atoms with E-state index in [1.165, 1.54) is 12.1 Å². The summed E-state index contributed by atoms with van der Waals surface area (Å²) < 4.78 is 13.9. The third kappa shape index (κ3) is 4.80. The van der Waals surface area contributed by atoms with Gasteiger partial charge in [-0.25, -0.2) is 4.39 Å². The second-order valence-corrected chi connectivity index (χ2v) is 6.74. The van der Waals surface area contributed by atoms with Crippen molar-refractivity contribution in [3.05, 3.63) is 47.3 Å². The Kier molecular flexibility index (Phi) is 6.56. The van der Waals surface area contributed by atoms with E-state index >= 15 is 0 Å². The van der Waals surface area contributed by atoms with E-state index in [9.17, 15) is 14.0 Å². The van der Waals surface area contributed by atoms with Crippen molar-refractivity contribution in [2.24, 2.45) is 0 Å². The first-order chi connectivity index (χ1) is 11.8. The highest BCUT2D eigenvalue weighted by atomic mass is 35.5. The molecule has 2 rings (SSSR count). The number of hydrogen-bond donors (Lipinski definition) is 2. The number of benzene rings is 1. The number of nitrogens with one attached hydrogen (secondary N) is 2. The fourth-order valence-corrected chi connectivity index (χ4v) is 3.28. The molecule has 1 fully saturated rings. The minimum Gasteiger partial charge on any atom is -0.350 e. The lowest BCUT2D eigenvalue weighted by molar-refractivity contribution is -0.124. The Morgan fingerprint density at radius 2 is 2.20 bits per heavy atom. The van der Waals surface area contributed by atoms with Gasteiger partial charge in [0.1, 0.15) is 5.82 Å². The Hall–Kier alpha value is -1.92. The van der Waals surface area contributed by atoms with Gasteiger partial charge in [0.05, 0.1) is 17.6 Å². The third-order valence-electron chi connectivity index (χ3n) is 4.34. The standard InChI is InChI=1S/C18H23ClFN3O2/c1-4-16(24)21-10-17(25)22-15-7-8-23(11(2)3)18(15)12-5-6-13(19)14(20)9-12/h4-6,9,11,15,18H,1,7-8,10H2,2-3H3,(H,21,24)(H,22,25)/t15-,18+/m1/s1. The van der Waals surface area contributed by atoms with Crippen LogP contribution in [-0.2, 0) is 9.59 Å². The van der Waals surface area contributed by atoms with Crippen LogP contribution < -0.4 is 10.6 Å². The normalized spacial score (nSPS) is 20.5. The van der Waals surface area contributed by atoms with Crippen molar-refractivity contribution < 1.29 is 14.0 Å². The number of carbonyl (C=O) groups excluding carboxylic acids is 2. The second-order valence-electron chi connectivity index (χ2n) is 6.33. The summed E-state index contributed by atoms with van der Waals surface area (Å²) in [5, 5.41) is 5.47. The number of rotatable bonds is 6. The van der Waals surface area contributed by atoms with Gasteiger partial charge in [-0.2, -0.15) is 0 Å². The molecule has 1 aliphatic rings. The van der Waals surface area contributed by atoms with Crippen LogP contribution in [0.5, 0.6) is 0 Å². The first-order valence-corrected chi connectivity index (χ1v) is 8.61. The maximum Gasteiger partial charge on any atom is 0.243 e. The molecule has 1 aromatic rings. The Labute approximate surface area is 152 Å². The summed E-state index contributed by atoms with van der Waals surface area (Å²) in [5.74, 6) is -1.16. The summed E-state index contributed by atoms with van der Waals surface area (Å²) in [6, 6.07) is 4.67. The van der Waals surface area contributed by atoms with Crippen LogP contribution in [0.2, 0.25) is 5.02 Å². The van der Waals surface area contributed by atoms with Gasteiger partial charge in [0, 0.05) is 18.6 Å². The van der Waals surface area contributed by atoms with Crippen molar-refractivity contribution >= 4 is 23.4 Å². The Morgan fingerprint density at radius 1 is 1.48 bits per heavy atom. The molecular weight excluding hydrogens is 345 g/mol. The van der Waals surface area contributed by atoms with Crippen LogP contribution in [0.1, 0.15) is 31.9 Å². The van der Waals surface area contributed by atoms with Crippen LogP contribution in [0.15, 0.2) is 30.9 Å². The number of amides is 2. The molecule has 1 aromatic carbocycles. The van der Waals surface area contributed by atoms with Crippen molar-refractivity contribution in [1.29, 1.82) is 0 Å². The largest absolute Gasteiger partial charge is 0.350 e. The molecule has 0 saturated carbocycles. The number of hydrogen-bond acceptors (Lipinski definition) is 3. The van der Waals surface area contributed by atoms with E-state index in [4.69, 9.17) is 11.6 Å². The van der Waals surface area contributed by atoms with E-state index in [0.29, 0.717) is 0 Å². The van der Waals surface area contributed by atoms with Crippen LogP contribution in [0.25, 0.3) is 0 Å². The van der Waals surface area contributed by atoms with Crippen LogP contribution in [0.4, 0.5) is 4.39 Å². The molecule has 136 valence electrons. The fourth-order valence-electron chi connectivity index (χ4n) is 3.16. The van der Waals surface area contributed by atoms with E-state index in [2.05, 4.69) is 36.0 Å². The quantitative estimate of drug-likeness (QED) is 0.759. The minimum absolute atomic E-state index is 0.0746. The first-order valence-electron chi connectivity index (χ1n) is 8.23. The van der Waals surface area contributed by atoms with Crippen molar-refractivity contribution in [3.8, 4) is 0 Å². The van der Waals surface area contributed by atoms with E-state index in [1.54, 1.807) is 6.07 Å². The predicted molar refractivity (Wildman–Crippen MR) is 95.7 cm³/mol. The average molecular weight is 368 g/mol. The zero-order valence-electron chi connectivity index (χ0n) is 14.4. The summed E-state index contributed by atoms with van der Waals surface area (Å²) in [7, 11) is 0. The van der Waals surface area contributed by atoms with Gasteiger partial charge in [-0.05, 0) is 44.0 Å². The van der Waals surface area contributed by atoms with Gasteiger partial charge in [0.25, 0.3) is 0 Å². The van der Waals surface area contributed by atoms with Crippen molar-refractivity contribution in [2.75, 3.05) is 13.1 Å². The van der Waals surface area contributed by atoms with Crippen LogP contribution in [0, 0.1) is 5.82 Å². The average Bonchev–Trinajstić information content (AvgIpc) is 2.98. The fraction of sp³-hybridized carbons (Fsp3) is 0.444. The Morgan fingerprint density at radius 3 is 2.80 bits per heavy atom. The van der Waals surface area contributed by atoms with Crippen molar-refractivity contribution in [1.82, 2.24) is 15.5 Å². The van der Waals surface area contributed by atoms with Crippen LogP contribution in [0.3, 0.4) is 0 Å². The molecule has 0 bridgehead atoms. The van der Waals surface area contributed by atoms with Gasteiger partial charge in [0.15, 0.2) is 0 Å². The van der Waals surface area contributed by atoms with Crippen molar-refractivity contribution in [2.45, 2.75) is 38.4 Å². The van der Waals surface area contributed by atoms with E-state index in [0.717, 1.165) is 24.6 Å². The molecule has 2 atom stereocenters. The molecule has 0 aromatic heterocycles. The van der Waals surface area contributed by atoms with Gasteiger partial charge in [-0.3, -0.25) is 14.5 Å². The molecule has 2 N–H and O–H groups in total.